The molecule has 2 aliphatic heterocycles. The zero-order valence-electron chi connectivity index (χ0n) is 19.2. The van der Waals surface area contributed by atoms with Crippen LogP contribution in [0.15, 0.2) is 52.1 Å². The smallest absolute Gasteiger partial charge is 0.352 e. The molecule has 194 valence electrons. The Hall–Kier alpha value is -4.68. The SMILES string of the molecule is N#Cc1ccc(C=CC2=C(C(=O)O)N3C(=O)C(NC(=O)C(=NOCC(=O)O)c4csc(N)n4)[C@H]3SC2)cc1. The monoisotopic (exact) mass is 554 g/mol. The van der Waals surface area contributed by atoms with Crippen molar-refractivity contribution in [2.75, 3.05) is 18.1 Å². The molecule has 1 aromatic carbocycles. The Balaban J connectivity index is 1.52. The summed E-state index contributed by atoms with van der Waals surface area (Å²) < 4.78 is 0. The molecule has 0 aliphatic carbocycles. The summed E-state index contributed by atoms with van der Waals surface area (Å²) in [6, 6.07) is 7.65. The molecular weight excluding hydrogens is 536 g/mol. The van der Waals surface area contributed by atoms with E-state index in [0.29, 0.717) is 11.1 Å². The van der Waals surface area contributed by atoms with Crippen LogP contribution < -0.4 is 11.1 Å². The molecule has 15 heteroatoms. The van der Waals surface area contributed by atoms with Crippen molar-refractivity contribution in [3.8, 4) is 6.07 Å². The molecule has 38 heavy (non-hydrogen) atoms. The van der Waals surface area contributed by atoms with Crippen LogP contribution in [0.3, 0.4) is 0 Å². The fourth-order valence-corrected chi connectivity index (χ4v) is 5.47. The second-order valence-corrected chi connectivity index (χ2v) is 9.78. The van der Waals surface area contributed by atoms with Crippen molar-refractivity contribution in [1.29, 1.82) is 5.26 Å². The van der Waals surface area contributed by atoms with Crippen molar-refractivity contribution in [2.45, 2.75) is 11.4 Å². The summed E-state index contributed by atoms with van der Waals surface area (Å²) in [7, 11) is 0. The zero-order chi connectivity index (χ0) is 27.4. The summed E-state index contributed by atoms with van der Waals surface area (Å²) in [5, 5.41) is 34.4. The number of nitrogens with zero attached hydrogens (tertiary/aromatic N) is 4. The number of nitrogen functional groups attached to an aromatic ring is 1. The number of amides is 2. The van der Waals surface area contributed by atoms with Gasteiger partial charge in [-0.3, -0.25) is 14.5 Å². The Morgan fingerprint density at radius 3 is 2.63 bits per heavy atom. The molecule has 2 aromatic rings. The number of fused-ring (bicyclic) bond motifs is 1. The Bertz CT molecular complexity index is 1440. The largest absolute Gasteiger partial charge is 0.479 e. The molecule has 0 radical (unpaired) electrons. The van der Waals surface area contributed by atoms with Crippen LogP contribution >= 0.6 is 23.1 Å². The number of β-lactam (4-membered cyclic amide) rings is 1. The van der Waals surface area contributed by atoms with Gasteiger partial charge in [-0.05, 0) is 23.3 Å². The fraction of sp³-hybridized carbons (Fsp3) is 0.174. The van der Waals surface area contributed by atoms with Gasteiger partial charge in [0.05, 0.1) is 11.6 Å². The van der Waals surface area contributed by atoms with Gasteiger partial charge in [-0.25, -0.2) is 14.6 Å². The van der Waals surface area contributed by atoms with E-state index < -0.39 is 41.8 Å². The highest BCUT2D eigenvalue weighted by molar-refractivity contribution is 8.00. The van der Waals surface area contributed by atoms with E-state index in [4.69, 9.17) is 16.1 Å². The average molecular weight is 555 g/mol. The highest BCUT2D eigenvalue weighted by atomic mass is 32.2. The van der Waals surface area contributed by atoms with E-state index in [1.165, 1.54) is 17.1 Å². The maximum absolute atomic E-state index is 13.0. The molecule has 1 saturated heterocycles. The van der Waals surface area contributed by atoms with Gasteiger partial charge in [0.15, 0.2) is 10.8 Å². The molecule has 2 aliphatic rings. The van der Waals surface area contributed by atoms with E-state index >= 15 is 0 Å². The molecular formula is C23H18N6O7S2. The molecule has 1 unspecified atom stereocenters. The number of carboxylic acids is 2. The van der Waals surface area contributed by atoms with Crippen LogP contribution in [0.2, 0.25) is 0 Å². The first-order valence-corrected chi connectivity index (χ1v) is 12.7. The quantitative estimate of drug-likeness (QED) is 0.194. The Morgan fingerprint density at radius 2 is 2.03 bits per heavy atom. The second kappa shape index (κ2) is 11.2. The lowest BCUT2D eigenvalue weighted by molar-refractivity contribution is -0.150. The van der Waals surface area contributed by atoms with Gasteiger partial charge in [0.25, 0.3) is 11.8 Å². The molecule has 2 atom stereocenters. The van der Waals surface area contributed by atoms with Crippen LogP contribution in [0.4, 0.5) is 5.13 Å². The number of allylic oxidation sites excluding steroid dienone is 1. The molecule has 0 spiro atoms. The van der Waals surface area contributed by atoms with Gasteiger partial charge in [0.1, 0.15) is 22.8 Å². The first-order valence-electron chi connectivity index (χ1n) is 10.7. The Morgan fingerprint density at radius 1 is 1.29 bits per heavy atom. The van der Waals surface area contributed by atoms with E-state index in [-0.39, 0.29) is 28.0 Å². The summed E-state index contributed by atoms with van der Waals surface area (Å²) in [5.74, 6) is -3.87. The van der Waals surface area contributed by atoms with Crippen molar-refractivity contribution in [3.63, 3.8) is 0 Å². The third-order valence-corrected chi connectivity index (χ3v) is 7.30. The van der Waals surface area contributed by atoms with E-state index in [0.717, 1.165) is 21.8 Å². The molecule has 13 nitrogen and oxygen atoms in total. The van der Waals surface area contributed by atoms with Crippen molar-refractivity contribution in [3.05, 3.63) is 63.8 Å². The van der Waals surface area contributed by atoms with Crippen LogP contribution in [0.25, 0.3) is 6.08 Å². The van der Waals surface area contributed by atoms with E-state index in [1.54, 1.807) is 36.4 Å². The first-order chi connectivity index (χ1) is 18.2. The molecule has 1 aromatic heterocycles. The van der Waals surface area contributed by atoms with Gasteiger partial charge < -0.3 is 26.1 Å². The third-order valence-electron chi connectivity index (χ3n) is 5.33. The number of benzene rings is 1. The van der Waals surface area contributed by atoms with Crippen LogP contribution in [0.1, 0.15) is 16.8 Å². The van der Waals surface area contributed by atoms with Crippen LogP contribution in [0.5, 0.6) is 0 Å². The maximum atomic E-state index is 13.0. The standard InChI is InChI=1S/C23H18N6O7S2/c24-7-12-3-1-11(2-4-12)5-6-13-9-37-21-17(20(33)29(21)18(13)22(34)35)27-19(32)16(28-36-8-15(30)31)14-10-38-23(25)26-14/h1-6,10,17,21H,8-9H2,(H2,25,26)(H,27,32)(H,30,31)(H,34,35)/t17?,21-/m1/s1. The highest BCUT2D eigenvalue weighted by Gasteiger charge is 2.54. The second-order valence-electron chi connectivity index (χ2n) is 7.79. The summed E-state index contributed by atoms with van der Waals surface area (Å²) in [5.41, 5.74) is 6.70. The van der Waals surface area contributed by atoms with E-state index in [9.17, 15) is 24.3 Å². The number of hydrogen-bond donors (Lipinski definition) is 4. The number of thiazole rings is 1. The van der Waals surface area contributed by atoms with Gasteiger partial charge in [-0.1, -0.05) is 29.4 Å². The molecule has 0 bridgehead atoms. The van der Waals surface area contributed by atoms with E-state index in [2.05, 4.69) is 20.3 Å². The normalized spacial score (nSPS) is 19.0. The lowest BCUT2D eigenvalue weighted by atomic mass is 10.0. The van der Waals surface area contributed by atoms with Crippen molar-refractivity contribution in [2.24, 2.45) is 5.16 Å². The maximum Gasteiger partial charge on any atom is 0.352 e. The predicted octanol–water partition coefficient (Wildman–Crippen LogP) is 0.854. The number of hydrogen-bond acceptors (Lipinski definition) is 11. The summed E-state index contributed by atoms with van der Waals surface area (Å²) in [6.45, 7) is -0.809. The minimum Gasteiger partial charge on any atom is -0.479 e. The lowest BCUT2D eigenvalue weighted by Gasteiger charge is -2.49. The van der Waals surface area contributed by atoms with Crippen LogP contribution in [-0.2, 0) is 24.0 Å². The first kappa shape index (κ1) is 26.4. The summed E-state index contributed by atoms with van der Waals surface area (Å²) in [4.78, 5) is 58.5. The van der Waals surface area contributed by atoms with Crippen molar-refractivity contribution >= 4 is 63.8 Å². The molecule has 2 amide bonds. The number of oxime groups is 1. The van der Waals surface area contributed by atoms with Gasteiger partial charge in [-0.2, -0.15) is 5.26 Å². The van der Waals surface area contributed by atoms with Gasteiger partial charge in [0.2, 0.25) is 6.61 Å². The summed E-state index contributed by atoms with van der Waals surface area (Å²) >= 11 is 2.28. The number of thioether (sulfide) groups is 1. The molecule has 4 rings (SSSR count). The topological polar surface area (TPSA) is 208 Å². The number of anilines is 1. The fourth-order valence-electron chi connectivity index (χ4n) is 3.60. The Kier molecular flexibility index (Phi) is 7.74. The molecule has 3 heterocycles. The van der Waals surface area contributed by atoms with Crippen molar-refractivity contribution in [1.82, 2.24) is 15.2 Å². The number of nitriles is 1. The number of rotatable bonds is 9. The molecule has 1 fully saturated rings. The van der Waals surface area contributed by atoms with Gasteiger partial charge in [-0.15, -0.1) is 23.1 Å². The highest BCUT2D eigenvalue weighted by Crippen LogP contribution is 2.40. The van der Waals surface area contributed by atoms with Crippen molar-refractivity contribution < 1.29 is 34.2 Å². The zero-order valence-corrected chi connectivity index (χ0v) is 20.9. The number of aliphatic carboxylic acids is 2. The van der Waals surface area contributed by atoms with Crippen LogP contribution in [0, 0.1) is 11.3 Å². The minimum absolute atomic E-state index is 0.0247. The minimum atomic E-state index is -1.31. The van der Waals surface area contributed by atoms with Gasteiger partial charge in [0, 0.05) is 11.1 Å². The Labute approximate surface area is 222 Å². The number of nitrogens with two attached hydrogens (primary N) is 1. The number of carbonyl (C=O) groups excluding carboxylic acids is 2. The molecule has 0 saturated carbocycles. The number of carbonyl (C=O) groups is 4. The third kappa shape index (κ3) is 5.51. The van der Waals surface area contributed by atoms with Gasteiger partial charge >= 0.3 is 11.9 Å². The number of aromatic nitrogens is 1. The van der Waals surface area contributed by atoms with E-state index in [1.807, 2.05) is 6.07 Å². The molecule has 5 N–H and O–H groups in total. The lowest BCUT2D eigenvalue weighted by Crippen LogP contribution is -2.71. The average Bonchev–Trinajstić information content (AvgIpc) is 3.33. The number of nitrogens with one attached hydrogen (secondary N) is 1. The summed E-state index contributed by atoms with van der Waals surface area (Å²) in [6.07, 6.45) is 3.29. The predicted molar refractivity (Wildman–Crippen MR) is 137 cm³/mol. The van der Waals surface area contributed by atoms with Crippen LogP contribution in [-0.4, -0.2) is 73.3 Å². The number of carboxylic acid groups (broad SMARTS) is 2.